The molecule has 0 amide bonds. The fourth-order valence-corrected chi connectivity index (χ4v) is 1.77. The van der Waals surface area contributed by atoms with Crippen LogP contribution in [-0.2, 0) is 6.42 Å². The molecule has 0 saturated heterocycles. The molecule has 1 aromatic heterocycles. The van der Waals surface area contributed by atoms with Crippen LogP contribution in [0.5, 0.6) is 11.5 Å². The molecule has 0 saturated carbocycles. The van der Waals surface area contributed by atoms with Gasteiger partial charge in [0, 0.05) is 19.0 Å². The van der Waals surface area contributed by atoms with E-state index in [-0.39, 0.29) is 5.69 Å². The molecule has 1 N–H and O–H groups in total. The third-order valence-corrected chi connectivity index (χ3v) is 2.76. The molecule has 2 rings (SSSR count). The molecular weight excluding hydrogens is 280 g/mol. The van der Waals surface area contributed by atoms with Gasteiger partial charge in [0.25, 0.3) is 5.69 Å². The molecule has 2 aromatic rings. The number of hydrogen-bond donors (Lipinski definition) is 1. The minimum absolute atomic E-state index is 0.0989. The zero-order chi connectivity index (χ0) is 15.2. The Balaban J connectivity index is 2.17. The van der Waals surface area contributed by atoms with Crippen LogP contribution >= 0.6 is 0 Å². The van der Waals surface area contributed by atoms with Crippen LogP contribution < -0.4 is 14.8 Å². The number of aromatic nitrogens is 2. The predicted molar refractivity (Wildman–Crippen MR) is 72.7 cm³/mol. The van der Waals surface area contributed by atoms with Crippen LogP contribution in [0.3, 0.4) is 0 Å². The van der Waals surface area contributed by atoms with E-state index in [9.17, 15) is 10.1 Å². The monoisotopic (exact) mass is 294 g/mol. The Labute approximate surface area is 120 Å². The van der Waals surface area contributed by atoms with Gasteiger partial charge in [-0.05, 0) is 0 Å². The number of ether oxygens (including phenoxy) is 2. The Morgan fingerprint density at radius 3 is 2.62 bits per heavy atom. The molecule has 0 unspecified atom stereocenters. The van der Waals surface area contributed by atoms with E-state index >= 15 is 0 Å². The number of benzene rings is 1. The Morgan fingerprint density at radius 1 is 1.33 bits per heavy atom. The van der Waals surface area contributed by atoms with E-state index in [1.54, 1.807) is 0 Å². The predicted octanol–water partition coefficient (Wildman–Crippen LogP) is 1.65. The maximum absolute atomic E-state index is 11.1. The van der Waals surface area contributed by atoms with Gasteiger partial charge in [-0.3, -0.25) is 10.1 Å². The smallest absolute Gasteiger partial charge is 0.296 e. The molecule has 0 aliphatic rings. The maximum atomic E-state index is 11.1. The van der Waals surface area contributed by atoms with Gasteiger partial charge in [-0.2, -0.15) is 4.98 Å². The van der Waals surface area contributed by atoms with Crippen LogP contribution in [0.15, 0.2) is 23.0 Å². The number of nitrogens with one attached hydrogen (secondary N) is 1. The summed E-state index contributed by atoms with van der Waals surface area (Å²) >= 11 is 0. The lowest BCUT2D eigenvalue weighted by molar-refractivity contribution is -0.384. The van der Waals surface area contributed by atoms with E-state index < -0.39 is 4.92 Å². The van der Waals surface area contributed by atoms with Crippen molar-refractivity contribution in [3.8, 4) is 11.5 Å². The summed E-state index contributed by atoms with van der Waals surface area (Å²) in [6, 6.07) is 2.83. The Kier molecular flexibility index (Phi) is 4.54. The molecule has 112 valence electrons. The first-order chi connectivity index (χ1) is 10.2. The van der Waals surface area contributed by atoms with E-state index in [1.165, 1.54) is 32.7 Å². The van der Waals surface area contributed by atoms with Gasteiger partial charge in [0.05, 0.1) is 25.2 Å². The molecule has 0 radical (unpaired) electrons. The molecule has 1 heterocycles. The average Bonchev–Trinajstić information content (AvgIpc) is 2.99. The van der Waals surface area contributed by atoms with Crippen LogP contribution in [0.2, 0.25) is 0 Å². The van der Waals surface area contributed by atoms with Crippen molar-refractivity contribution in [1.82, 2.24) is 10.1 Å². The summed E-state index contributed by atoms with van der Waals surface area (Å²) < 4.78 is 15.0. The van der Waals surface area contributed by atoms with E-state index in [0.717, 1.165) is 0 Å². The Bertz CT molecular complexity index is 614. The highest BCUT2D eigenvalue weighted by Crippen LogP contribution is 2.37. The lowest BCUT2D eigenvalue weighted by atomic mass is 10.2. The molecule has 0 aliphatic heterocycles. The van der Waals surface area contributed by atoms with Crippen molar-refractivity contribution in [3.05, 3.63) is 34.5 Å². The topological polar surface area (TPSA) is 113 Å². The first-order valence-corrected chi connectivity index (χ1v) is 6.05. The highest BCUT2D eigenvalue weighted by molar-refractivity contribution is 5.68. The SMILES string of the molecule is COc1cc(NCCc2ncno2)c([N+](=O)[O-])cc1OC. The molecule has 9 heteroatoms. The minimum atomic E-state index is -0.489. The van der Waals surface area contributed by atoms with Gasteiger partial charge >= 0.3 is 0 Å². The fourth-order valence-electron chi connectivity index (χ4n) is 1.77. The number of nitro groups is 1. The van der Waals surface area contributed by atoms with Gasteiger partial charge in [-0.15, -0.1) is 0 Å². The van der Waals surface area contributed by atoms with Crippen molar-refractivity contribution < 1.29 is 18.9 Å². The molecule has 9 nitrogen and oxygen atoms in total. The van der Waals surface area contributed by atoms with Gasteiger partial charge in [-0.1, -0.05) is 5.16 Å². The molecule has 0 bridgehead atoms. The van der Waals surface area contributed by atoms with Gasteiger partial charge in [0.2, 0.25) is 5.89 Å². The van der Waals surface area contributed by atoms with Crippen LogP contribution in [0.25, 0.3) is 0 Å². The molecule has 0 fully saturated rings. The van der Waals surface area contributed by atoms with Crippen molar-refractivity contribution in [3.63, 3.8) is 0 Å². The quantitative estimate of drug-likeness (QED) is 0.605. The number of hydrogen-bond acceptors (Lipinski definition) is 8. The number of anilines is 1. The second-order valence-corrected chi connectivity index (χ2v) is 3.99. The molecule has 0 spiro atoms. The van der Waals surface area contributed by atoms with Crippen molar-refractivity contribution in [2.75, 3.05) is 26.1 Å². The lowest BCUT2D eigenvalue weighted by Crippen LogP contribution is -2.08. The van der Waals surface area contributed by atoms with Crippen molar-refractivity contribution in [1.29, 1.82) is 0 Å². The maximum Gasteiger partial charge on any atom is 0.296 e. The summed E-state index contributed by atoms with van der Waals surface area (Å²) in [7, 11) is 2.89. The van der Waals surface area contributed by atoms with Crippen molar-refractivity contribution in [2.45, 2.75) is 6.42 Å². The highest BCUT2D eigenvalue weighted by Gasteiger charge is 2.19. The zero-order valence-corrected chi connectivity index (χ0v) is 11.5. The van der Waals surface area contributed by atoms with Crippen molar-refractivity contribution >= 4 is 11.4 Å². The second kappa shape index (κ2) is 6.55. The zero-order valence-electron chi connectivity index (χ0n) is 11.5. The van der Waals surface area contributed by atoms with Crippen LogP contribution in [0.4, 0.5) is 11.4 Å². The van der Waals surface area contributed by atoms with E-state index in [0.29, 0.717) is 36.0 Å². The van der Waals surface area contributed by atoms with Gasteiger partial charge in [0.15, 0.2) is 17.8 Å². The van der Waals surface area contributed by atoms with E-state index in [4.69, 9.17) is 14.0 Å². The summed E-state index contributed by atoms with van der Waals surface area (Å²) in [4.78, 5) is 14.5. The fraction of sp³-hybridized carbons (Fsp3) is 0.333. The van der Waals surface area contributed by atoms with Crippen LogP contribution in [0, 0.1) is 10.1 Å². The molecule has 1 aromatic carbocycles. The lowest BCUT2D eigenvalue weighted by Gasteiger charge is -2.11. The van der Waals surface area contributed by atoms with Gasteiger partial charge < -0.3 is 19.3 Å². The largest absolute Gasteiger partial charge is 0.493 e. The first kappa shape index (κ1) is 14.6. The summed E-state index contributed by atoms with van der Waals surface area (Å²) in [6.45, 7) is 0.401. The van der Waals surface area contributed by atoms with E-state index in [1.807, 2.05) is 0 Å². The molecule has 21 heavy (non-hydrogen) atoms. The van der Waals surface area contributed by atoms with Gasteiger partial charge in [0.1, 0.15) is 5.69 Å². The normalized spacial score (nSPS) is 10.2. The first-order valence-electron chi connectivity index (χ1n) is 6.05. The Hall–Kier alpha value is -2.84. The third kappa shape index (κ3) is 3.38. The molecule has 0 aliphatic carbocycles. The number of nitrogens with zero attached hydrogens (tertiary/aromatic N) is 3. The number of rotatable bonds is 7. The minimum Gasteiger partial charge on any atom is -0.493 e. The summed E-state index contributed by atoms with van der Waals surface area (Å²) in [6.07, 6.45) is 1.75. The standard InChI is InChI=1S/C12H14N4O5/c1-19-10-5-8(9(16(17)18)6-11(10)20-2)13-4-3-12-14-7-15-21-12/h5-7,13H,3-4H2,1-2H3. The Morgan fingerprint density at radius 2 is 2.05 bits per heavy atom. The summed E-state index contributed by atoms with van der Waals surface area (Å²) in [5.74, 6) is 1.15. The molecular formula is C12H14N4O5. The van der Waals surface area contributed by atoms with Gasteiger partial charge in [-0.25, -0.2) is 0 Å². The van der Waals surface area contributed by atoms with Crippen LogP contribution in [0.1, 0.15) is 5.89 Å². The average molecular weight is 294 g/mol. The summed E-state index contributed by atoms with van der Waals surface area (Å²) in [5.41, 5.74) is 0.232. The van der Waals surface area contributed by atoms with Crippen LogP contribution in [-0.4, -0.2) is 35.8 Å². The number of methoxy groups -OCH3 is 2. The van der Waals surface area contributed by atoms with E-state index in [2.05, 4.69) is 15.5 Å². The number of nitro benzene ring substituents is 1. The third-order valence-electron chi connectivity index (χ3n) is 2.76. The summed E-state index contributed by atoms with van der Waals surface area (Å²) in [5, 5.41) is 17.5. The van der Waals surface area contributed by atoms with Crippen molar-refractivity contribution in [2.24, 2.45) is 0 Å². The second-order valence-electron chi connectivity index (χ2n) is 3.99. The highest BCUT2D eigenvalue weighted by atomic mass is 16.6. The molecule has 0 atom stereocenters.